The zero-order valence-corrected chi connectivity index (χ0v) is 12.0. The number of nitrogens with one attached hydrogen (secondary N) is 1. The molecule has 1 aliphatic rings. The molecule has 7 heteroatoms. The van der Waals surface area contributed by atoms with E-state index in [1.54, 1.807) is 0 Å². The molecule has 17 heavy (non-hydrogen) atoms. The van der Waals surface area contributed by atoms with E-state index >= 15 is 0 Å². The molecule has 1 rings (SSSR count). The molecule has 0 radical (unpaired) electrons. The minimum Gasteiger partial charge on any atom is -0.312 e. The molecule has 1 saturated heterocycles. The highest BCUT2D eigenvalue weighted by molar-refractivity contribution is 7.91. The lowest BCUT2D eigenvalue weighted by Gasteiger charge is -2.11. The third kappa shape index (κ3) is 5.83. The summed E-state index contributed by atoms with van der Waals surface area (Å²) in [6.07, 6.45) is 0.590. The van der Waals surface area contributed by atoms with Crippen molar-refractivity contribution in [1.29, 1.82) is 0 Å². The van der Waals surface area contributed by atoms with Gasteiger partial charge in [-0.1, -0.05) is 13.8 Å². The first-order valence-corrected chi connectivity index (χ1v) is 9.49. The fourth-order valence-corrected chi connectivity index (χ4v) is 5.28. The van der Waals surface area contributed by atoms with E-state index < -0.39 is 19.7 Å². The molecule has 1 heterocycles. The van der Waals surface area contributed by atoms with Gasteiger partial charge >= 0.3 is 0 Å². The van der Waals surface area contributed by atoms with Crippen LogP contribution in [0.4, 0.5) is 0 Å². The van der Waals surface area contributed by atoms with Crippen LogP contribution in [0.2, 0.25) is 0 Å². The third-order valence-corrected chi connectivity index (χ3v) is 6.43. The average molecular weight is 283 g/mol. The highest BCUT2D eigenvalue weighted by atomic mass is 32.2. The van der Waals surface area contributed by atoms with Crippen molar-refractivity contribution >= 4 is 19.7 Å². The van der Waals surface area contributed by atoms with E-state index in [-0.39, 0.29) is 35.0 Å². The highest BCUT2D eigenvalue weighted by Crippen LogP contribution is 2.11. The Morgan fingerprint density at radius 3 is 2.47 bits per heavy atom. The Bertz CT molecular complexity index is 439. The second kappa shape index (κ2) is 5.67. The Hall–Kier alpha value is -0.140. The van der Waals surface area contributed by atoms with Gasteiger partial charge in [0.1, 0.15) is 0 Å². The van der Waals surface area contributed by atoms with Gasteiger partial charge in [-0.15, -0.1) is 0 Å². The van der Waals surface area contributed by atoms with Crippen LogP contribution >= 0.6 is 0 Å². The molecule has 0 aromatic carbocycles. The van der Waals surface area contributed by atoms with Crippen LogP contribution in [0.25, 0.3) is 0 Å². The highest BCUT2D eigenvalue weighted by Gasteiger charge is 2.27. The van der Waals surface area contributed by atoms with Crippen molar-refractivity contribution in [3.05, 3.63) is 0 Å². The van der Waals surface area contributed by atoms with E-state index in [1.807, 2.05) is 13.8 Å². The van der Waals surface area contributed by atoms with Crippen LogP contribution < -0.4 is 5.32 Å². The van der Waals surface area contributed by atoms with Crippen LogP contribution in [-0.4, -0.2) is 52.4 Å². The van der Waals surface area contributed by atoms with E-state index in [1.165, 1.54) is 0 Å². The predicted molar refractivity (Wildman–Crippen MR) is 68.6 cm³/mol. The van der Waals surface area contributed by atoms with Crippen LogP contribution in [-0.2, 0) is 19.7 Å². The van der Waals surface area contributed by atoms with Crippen molar-refractivity contribution in [1.82, 2.24) is 5.32 Å². The lowest BCUT2D eigenvalue weighted by molar-refractivity contribution is 0.555. The first-order chi connectivity index (χ1) is 7.70. The standard InChI is InChI=1S/C10H21NO4S2/c1-9(2)7-17(14,15)6-4-11-10-3-5-16(12,13)8-10/h9-11H,3-8H2,1-2H3. The predicted octanol–water partition coefficient (Wildman–Crippen LogP) is -0.166. The summed E-state index contributed by atoms with van der Waals surface area (Å²) in [7, 11) is -5.91. The molecule has 0 saturated carbocycles. The zero-order valence-electron chi connectivity index (χ0n) is 10.3. The van der Waals surface area contributed by atoms with Gasteiger partial charge in [-0.25, -0.2) is 16.8 Å². The van der Waals surface area contributed by atoms with Gasteiger partial charge in [0.05, 0.1) is 23.0 Å². The Kier molecular flexibility index (Phi) is 4.97. The minimum absolute atomic E-state index is 0.0748. The van der Waals surface area contributed by atoms with Gasteiger partial charge in [-0.05, 0) is 12.3 Å². The van der Waals surface area contributed by atoms with E-state index in [0.717, 1.165) is 0 Å². The maximum Gasteiger partial charge on any atom is 0.151 e. The van der Waals surface area contributed by atoms with Crippen LogP contribution in [0.15, 0.2) is 0 Å². The SMILES string of the molecule is CC(C)CS(=O)(=O)CCNC1CCS(=O)(=O)C1. The summed E-state index contributed by atoms with van der Waals surface area (Å²) in [6.45, 7) is 4.08. The minimum atomic E-state index is -3.01. The first-order valence-electron chi connectivity index (χ1n) is 5.84. The molecule has 1 atom stereocenters. The van der Waals surface area contributed by atoms with Crippen LogP contribution in [0.5, 0.6) is 0 Å². The number of hydrogen-bond acceptors (Lipinski definition) is 5. The molecule has 1 unspecified atom stereocenters. The number of hydrogen-bond donors (Lipinski definition) is 1. The molecular formula is C10H21NO4S2. The lowest BCUT2D eigenvalue weighted by atomic mass is 10.3. The fourth-order valence-electron chi connectivity index (χ4n) is 1.97. The van der Waals surface area contributed by atoms with Gasteiger partial charge < -0.3 is 5.32 Å². The molecule has 1 fully saturated rings. The molecule has 0 aliphatic carbocycles. The van der Waals surface area contributed by atoms with Crippen LogP contribution in [0, 0.1) is 5.92 Å². The first kappa shape index (κ1) is 14.9. The van der Waals surface area contributed by atoms with Crippen LogP contribution in [0.1, 0.15) is 20.3 Å². The Morgan fingerprint density at radius 2 is 2.00 bits per heavy atom. The molecule has 5 nitrogen and oxygen atoms in total. The normalized spacial score (nSPS) is 24.3. The number of rotatable bonds is 6. The van der Waals surface area contributed by atoms with Gasteiger partial charge in [0.2, 0.25) is 0 Å². The maximum absolute atomic E-state index is 11.6. The molecule has 0 bridgehead atoms. The summed E-state index contributed by atoms with van der Waals surface area (Å²) in [5, 5.41) is 3.01. The molecule has 0 amide bonds. The second-order valence-corrected chi connectivity index (χ2v) is 9.52. The van der Waals surface area contributed by atoms with Crippen molar-refractivity contribution in [2.75, 3.05) is 29.6 Å². The maximum atomic E-state index is 11.6. The van der Waals surface area contributed by atoms with Gasteiger partial charge in [0, 0.05) is 12.6 Å². The molecule has 0 spiro atoms. The lowest BCUT2D eigenvalue weighted by Crippen LogP contribution is -2.34. The van der Waals surface area contributed by atoms with Crippen molar-refractivity contribution in [3.63, 3.8) is 0 Å². The van der Waals surface area contributed by atoms with Crippen molar-refractivity contribution in [3.8, 4) is 0 Å². The average Bonchev–Trinajstić information content (AvgIpc) is 2.42. The third-order valence-electron chi connectivity index (χ3n) is 2.67. The van der Waals surface area contributed by atoms with Crippen LogP contribution in [0.3, 0.4) is 0 Å². The smallest absolute Gasteiger partial charge is 0.151 e. The molecular weight excluding hydrogens is 262 g/mol. The summed E-state index contributed by atoms with van der Waals surface area (Å²) in [5.74, 6) is 0.756. The summed E-state index contributed by atoms with van der Waals surface area (Å²) in [6, 6.07) is -0.0748. The molecule has 1 N–H and O–H groups in total. The van der Waals surface area contributed by atoms with Crippen molar-refractivity contribution in [2.45, 2.75) is 26.3 Å². The Balaban J connectivity index is 2.29. The van der Waals surface area contributed by atoms with E-state index in [9.17, 15) is 16.8 Å². The fraction of sp³-hybridized carbons (Fsp3) is 1.00. The van der Waals surface area contributed by atoms with Gasteiger partial charge in [0.15, 0.2) is 19.7 Å². The van der Waals surface area contributed by atoms with Gasteiger partial charge in [-0.3, -0.25) is 0 Å². The second-order valence-electron chi connectivity index (χ2n) is 5.06. The Morgan fingerprint density at radius 1 is 1.35 bits per heavy atom. The number of sulfone groups is 2. The quantitative estimate of drug-likeness (QED) is 0.732. The molecule has 0 aromatic heterocycles. The van der Waals surface area contributed by atoms with E-state index in [2.05, 4.69) is 5.32 Å². The van der Waals surface area contributed by atoms with Gasteiger partial charge in [0.25, 0.3) is 0 Å². The summed E-state index contributed by atoms with van der Waals surface area (Å²) < 4.78 is 45.5. The zero-order chi connectivity index (χ0) is 13.1. The van der Waals surface area contributed by atoms with E-state index in [0.29, 0.717) is 13.0 Å². The van der Waals surface area contributed by atoms with E-state index in [4.69, 9.17) is 0 Å². The monoisotopic (exact) mass is 283 g/mol. The largest absolute Gasteiger partial charge is 0.312 e. The topological polar surface area (TPSA) is 80.3 Å². The molecule has 1 aliphatic heterocycles. The Labute approximate surface area is 104 Å². The summed E-state index contributed by atoms with van der Waals surface area (Å²) >= 11 is 0. The van der Waals surface area contributed by atoms with Gasteiger partial charge in [-0.2, -0.15) is 0 Å². The van der Waals surface area contributed by atoms with Crippen molar-refractivity contribution < 1.29 is 16.8 Å². The summed E-state index contributed by atoms with van der Waals surface area (Å²) in [5.41, 5.74) is 0. The molecule has 102 valence electrons. The molecule has 0 aromatic rings. The van der Waals surface area contributed by atoms with Crippen molar-refractivity contribution in [2.24, 2.45) is 5.92 Å². The summed E-state index contributed by atoms with van der Waals surface area (Å²) in [4.78, 5) is 0.